The molecule has 38 heavy (non-hydrogen) atoms. The van der Waals surface area contributed by atoms with E-state index in [1.165, 1.54) is 57.9 Å². The van der Waals surface area contributed by atoms with E-state index < -0.39 is 5.82 Å². The van der Waals surface area contributed by atoms with Crippen LogP contribution in [0.4, 0.5) is 21.6 Å². The van der Waals surface area contributed by atoms with E-state index in [-0.39, 0.29) is 5.02 Å². The van der Waals surface area contributed by atoms with Crippen molar-refractivity contribution in [3.05, 3.63) is 59.7 Å². The van der Waals surface area contributed by atoms with Crippen LogP contribution in [0, 0.1) is 11.2 Å². The largest absolute Gasteiger partial charge is 0.494 e. The molecule has 2 N–H and O–H groups in total. The standard InChI is InChI=1S/C16H12ClFN4O2.C12H21NO/c1-24-15-6-13-10(5-14(15)21-8-23)16(20-7-19-13)22-9-2-3-12(18)11(17)4-9;1-2-3-7-13-8-4-5-12(10-13)6-9-14-11-12/h2-8H,1H3,(H,21,23)(H,19,20,22);2-3H,4-11H2,1H3/b;3-2+. The summed E-state index contributed by atoms with van der Waals surface area (Å²) in [6, 6.07) is 7.64. The highest BCUT2D eigenvalue weighted by Crippen LogP contribution is 2.37. The first kappa shape index (κ1) is 27.8. The number of hydrogen-bond donors (Lipinski definition) is 2. The Morgan fingerprint density at radius 1 is 1.26 bits per heavy atom. The van der Waals surface area contributed by atoms with Crippen molar-refractivity contribution >= 4 is 46.1 Å². The van der Waals surface area contributed by atoms with Crippen LogP contribution in [0.15, 0.2) is 48.8 Å². The van der Waals surface area contributed by atoms with E-state index >= 15 is 0 Å². The highest BCUT2D eigenvalue weighted by Gasteiger charge is 2.38. The molecule has 2 aliphatic heterocycles. The highest BCUT2D eigenvalue weighted by atomic mass is 35.5. The number of anilines is 3. The lowest BCUT2D eigenvalue weighted by molar-refractivity contribution is -0.105. The number of aromatic nitrogens is 2. The summed E-state index contributed by atoms with van der Waals surface area (Å²) in [4.78, 5) is 21.7. The number of rotatable bonds is 7. The fourth-order valence-corrected chi connectivity index (χ4v) is 5.11. The predicted molar refractivity (Wildman–Crippen MR) is 149 cm³/mol. The molecule has 2 aromatic carbocycles. The molecule has 2 saturated heterocycles. The van der Waals surface area contributed by atoms with E-state index in [9.17, 15) is 9.18 Å². The van der Waals surface area contributed by atoms with Gasteiger partial charge in [0.1, 0.15) is 23.7 Å². The maximum Gasteiger partial charge on any atom is 0.211 e. The first-order chi connectivity index (χ1) is 18.5. The van der Waals surface area contributed by atoms with Crippen LogP contribution in [-0.2, 0) is 9.53 Å². The first-order valence-corrected chi connectivity index (χ1v) is 13.0. The van der Waals surface area contributed by atoms with Gasteiger partial charge in [0, 0.05) is 42.3 Å². The number of halogens is 2. The molecule has 8 nitrogen and oxygen atoms in total. The molecule has 0 saturated carbocycles. The van der Waals surface area contributed by atoms with Crippen LogP contribution in [0.3, 0.4) is 0 Å². The molecule has 1 unspecified atom stereocenters. The molecule has 5 rings (SSSR count). The van der Waals surface area contributed by atoms with Gasteiger partial charge in [0.25, 0.3) is 0 Å². The average Bonchev–Trinajstić information content (AvgIpc) is 3.37. The third kappa shape index (κ3) is 6.78. The molecule has 3 aromatic rings. The van der Waals surface area contributed by atoms with Gasteiger partial charge in [-0.1, -0.05) is 23.8 Å². The van der Waals surface area contributed by atoms with Gasteiger partial charge in [-0.2, -0.15) is 0 Å². The van der Waals surface area contributed by atoms with Crippen LogP contribution in [0.25, 0.3) is 10.9 Å². The number of nitrogens with zero attached hydrogens (tertiary/aromatic N) is 3. The monoisotopic (exact) mass is 541 g/mol. The second-order valence-corrected chi connectivity index (χ2v) is 9.93. The lowest BCUT2D eigenvalue weighted by Crippen LogP contribution is -2.43. The van der Waals surface area contributed by atoms with Gasteiger partial charge in [0.2, 0.25) is 6.41 Å². The van der Waals surface area contributed by atoms with Crippen LogP contribution in [-0.4, -0.2) is 61.2 Å². The van der Waals surface area contributed by atoms with Crippen molar-refractivity contribution in [2.75, 3.05) is 50.6 Å². The second kappa shape index (κ2) is 13.0. The minimum absolute atomic E-state index is 0.00309. The fourth-order valence-electron chi connectivity index (χ4n) is 4.93. The van der Waals surface area contributed by atoms with Crippen molar-refractivity contribution < 1.29 is 18.7 Å². The van der Waals surface area contributed by atoms with E-state index in [0.717, 1.165) is 19.8 Å². The maximum absolute atomic E-state index is 13.3. The van der Waals surface area contributed by atoms with Gasteiger partial charge in [-0.15, -0.1) is 0 Å². The lowest BCUT2D eigenvalue weighted by atomic mass is 9.79. The zero-order valence-electron chi connectivity index (χ0n) is 21.7. The number of piperidine rings is 1. The molecule has 0 radical (unpaired) electrons. The van der Waals surface area contributed by atoms with E-state index in [2.05, 4.69) is 44.6 Å². The van der Waals surface area contributed by atoms with Crippen LogP contribution in [0.5, 0.6) is 5.75 Å². The normalized spacial score (nSPS) is 19.4. The van der Waals surface area contributed by atoms with Crippen molar-refractivity contribution in [2.24, 2.45) is 5.41 Å². The second-order valence-electron chi connectivity index (χ2n) is 9.52. The first-order valence-electron chi connectivity index (χ1n) is 12.6. The van der Waals surface area contributed by atoms with E-state index in [4.69, 9.17) is 21.1 Å². The van der Waals surface area contributed by atoms with E-state index in [0.29, 0.717) is 45.7 Å². The van der Waals surface area contributed by atoms with Gasteiger partial charge >= 0.3 is 0 Å². The molecule has 0 aliphatic carbocycles. The molecular formula is C28H33ClFN5O3. The Morgan fingerprint density at radius 3 is 2.84 bits per heavy atom. The van der Waals surface area contributed by atoms with Crippen molar-refractivity contribution in [3.63, 3.8) is 0 Å². The number of allylic oxidation sites excluding steroid dienone is 1. The van der Waals surface area contributed by atoms with Crippen molar-refractivity contribution in [2.45, 2.75) is 26.2 Å². The Morgan fingerprint density at radius 2 is 2.13 bits per heavy atom. The molecule has 1 spiro atoms. The molecule has 10 heteroatoms. The molecular weight excluding hydrogens is 509 g/mol. The van der Waals surface area contributed by atoms with Crippen LogP contribution < -0.4 is 15.4 Å². The Kier molecular flexibility index (Phi) is 9.49. The van der Waals surface area contributed by atoms with Gasteiger partial charge < -0.3 is 20.1 Å². The summed E-state index contributed by atoms with van der Waals surface area (Å²) in [7, 11) is 1.50. The molecule has 3 heterocycles. The molecule has 0 bridgehead atoms. The van der Waals surface area contributed by atoms with E-state index in [1.807, 2.05) is 0 Å². The molecule has 1 amide bonds. The third-order valence-electron chi connectivity index (χ3n) is 6.88. The zero-order valence-corrected chi connectivity index (χ0v) is 22.4. The van der Waals surface area contributed by atoms with Crippen LogP contribution in [0.2, 0.25) is 5.02 Å². The molecule has 1 aromatic heterocycles. The lowest BCUT2D eigenvalue weighted by Gasteiger charge is -2.39. The summed E-state index contributed by atoms with van der Waals surface area (Å²) in [5.41, 5.74) is 2.19. The van der Waals surface area contributed by atoms with Gasteiger partial charge in [0.15, 0.2) is 0 Å². The number of likely N-dealkylation sites (tertiary alicyclic amines) is 1. The summed E-state index contributed by atoms with van der Waals surface area (Å²) in [5, 5.41) is 6.29. The quantitative estimate of drug-likeness (QED) is 0.288. The third-order valence-corrected chi connectivity index (χ3v) is 7.17. The minimum Gasteiger partial charge on any atom is -0.494 e. The number of amides is 1. The molecule has 2 fully saturated rings. The molecule has 2 aliphatic rings. The number of hydrogen-bond acceptors (Lipinski definition) is 7. The number of ether oxygens (including phenoxy) is 2. The van der Waals surface area contributed by atoms with Crippen LogP contribution in [0.1, 0.15) is 26.2 Å². The summed E-state index contributed by atoms with van der Waals surface area (Å²) >= 11 is 5.79. The number of nitrogens with one attached hydrogen (secondary N) is 2. The summed E-state index contributed by atoms with van der Waals surface area (Å²) < 4.78 is 24.0. The summed E-state index contributed by atoms with van der Waals surface area (Å²) in [6.07, 6.45) is 10.4. The number of methoxy groups -OCH3 is 1. The molecule has 1 atom stereocenters. The topological polar surface area (TPSA) is 88.6 Å². The number of fused-ring (bicyclic) bond motifs is 1. The van der Waals surface area contributed by atoms with Gasteiger partial charge in [-0.05, 0) is 57.0 Å². The molecule has 202 valence electrons. The van der Waals surface area contributed by atoms with Crippen molar-refractivity contribution in [1.82, 2.24) is 14.9 Å². The highest BCUT2D eigenvalue weighted by molar-refractivity contribution is 6.31. The van der Waals surface area contributed by atoms with Crippen molar-refractivity contribution in [3.8, 4) is 5.75 Å². The SMILES string of the molecule is C/C=C/CN1CCCC2(CCOC2)C1.COc1cc2ncnc(Nc3ccc(F)c(Cl)c3)c2cc1NC=O. The predicted octanol–water partition coefficient (Wildman–Crippen LogP) is 5.81. The van der Waals surface area contributed by atoms with Gasteiger partial charge in [0.05, 0.1) is 29.9 Å². The minimum atomic E-state index is -0.503. The zero-order chi connectivity index (χ0) is 27.0. The van der Waals surface area contributed by atoms with Gasteiger partial charge in [-0.3, -0.25) is 9.69 Å². The van der Waals surface area contributed by atoms with Gasteiger partial charge in [-0.25, -0.2) is 14.4 Å². The number of carbonyl (C=O) groups excluding carboxylic acids is 1. The van der Waals surface area contributed by atoms with E-state index in [1.54, 1.807) is 18.2 Å². The maximum atomic E-state index is 13.3. The average molecular weight is 542 g/mol. The Hall–Kier alpha value is -3.27. The summed E-state index contributed by atoms with van der Waals surface area (Å²) in [6.45, 7) is 7.72. The Labute approximate surface area is 227 Å². The van der Waals surface area contributed by atoms with Crippen LogP contribution >= 0.6 is 11.6 Å². The Balaban J connectivity index is 0.000000204. The number of carbonyl (C=O) groups is 1. The summed E-state index contributed by atoms with van der Waals surface area (Å²) in [5.74, 6) is 0.459. The fraction of sp³-hybridized carbons (Fsp3) is 0.393. The Bertz CT molecular complexity index is 1280. The smallest absolute Gasteiger partial charge is 0.211 e. The van der Waals surface area contributed by atoms with Crippen molar-refractivity contribution in [1.29, 1.82) is 0 Å². The number of benzene rings is 2.